The van der Waals surface area contributed by atoms with Gasteiger partial charge in [0, 0.05) is 37.6 Å². The Balaban J connectivity index is 1.69. The van der Waals surface area contributed by atoms with Gasteiger partial charge >= 0.3 is 0 Å². The van der Waals surface area contributed by atoms with Crippen molar-refractivity contribution < 1.29 is 0 Å². The van der Waals surface area contributed by atoms with Crippen LogP contribution < -0.4 is 0 Å². The van der Waals surface area contributed by atoms with Gasteiger partial charge in [-0.1, -0.05) is 60.7 Å². The van der Waals surface area contributed by atoms with E-state index in [1.54, 1.807) is 0 Å². The first-order valence-electron chi connectivity index (χ1n) is 8.87. The molecule has 2 saturated heterocycles. The molecule has 0 aliphatic carbocycles. The first kappa shape index (κ1) is 14.9. The Kier molecular flexibility index (Phi) is 4.19. The minimum Gasteiger partial charge on any atom is -0.301 e. The number of rotatable bonds is 3. The molecule has 2 fully saturated rings. The van der Waals surface area contributed by atoms with Crippen LogP contribution >= 0.6 is 0 Å². The number of hydrogen-bond acceptors (Lipinski definition) is 2. The first-order chi connectivity index (χ1) is 11.3. The summed E-state index contributed by atoms with van der Waals surface area (Å²) in [6.07, 6.45) is 2.62. The summed E-state index contributed by atoms with van der Waals surface area (Å²) >= 11 is 0. The van der Waals surface area contributed by atoms with Gasteiger partial charge in [0.15, 0.2) is 0 Å². The average Bonchev–Trinajstić information content (AvgIpc) is 2.62. The molecular weight excluding hydrogens is 280 g/mol. The molecule has 0 radical (unpaired) electrons. The highest BCUT2D eigenvalue weighted by Crippen LogP contribution is 2.37. The Labute approximate surface area is 139 Å². The van der Waals surface area contributed by atoms with Crippen LogP contribution in [0.5, 0.6) is 0 Å². The lowest BCUT2D eigenvalue weighted by atomic mass is 9.79. The van der Waals surface area contributed by atoms with Crippen molar-refractivity contribution in [2.75, 3.05) is 26.7 Å². The van der Waals surface area contributed by atoms with Crippen LogP contribution in [0.2, 0.25) is 0 Å². The number of fused-ring (bicyclic) bond motifs is 2. The summed E-state index contributed by atoms with van der Waals surface area (Å²) in [6.45, 7) is 3.64. The second-order valence-electron chi connectivity index (χ2n) is 7.07. The van der Waals surface area contributed by atoms with Gasteiger partial charge in [0.25, 0.3) is 0 Å². The van der Waals surface area contributed by atoms with E-state index in [0.29, 0.717) is 12.0 Å². The van der Waals surface area contributed by atoms with E-state index in [-0.39, 0.29) is 0 Å². The van der Waals surface area contributed by atoms with Crippen LogP contribution in [-0.2, 0) is 0 Å². The molecule has 120 valence electrons. The Bertz CT molecular complexity index is 585. The van der Waals surface area contributed by atoms with Crippen LogP contribution in [0.25, 0.3) is 0 Å². The van der Waals surface area contributed by atoms with Gasteiger partial charge in [-0.3, -0.25) is 4.90 Å². The fraction of sp³-hybridized carbons (Fsp3) is 0.429. The molecule has 23 heavy (non-hydrogen) atoms. The molecule has 0 saturated carbocycles. The summed E-state index contributed by atoms with van der Waals surface area (Å²) in [4.78, 5) is 5.30. The number of hydrogen-bond donors (Lipinski definition) is 0. The fourth-order valence-electron chi connectivity index (χ4n) is 4.46. The van der Waals surface area contributed by atoms with Crippen LogP contribution in [0.4, 0.5) is 0 Å². The van der Waals surface area contributed by atoms with E-state index in [2.05, 4.69) is 77.5 Å². The molecule has 3 atom stereocenters. The van der Waals surface area contributed by atoms with Crippen LogP contribution in [0.15, 0.2) is 60.7 Å². The van der Waals surface area contributed by atoms with Crippen molar-refractivity contribution in [3.05, 3.63) is 71.8 Å². The second-order valence-corrected chi connectivity index (χ2v) is 7.07. The van der Waals surface area contributed by atoms with Crippen LogP contribution in [0, 0.1) is 0 Å². The van der Waals surface area contributed by atoms with Gasteiger partial charge in [0.05, 0.1) is 0 Å². The number of likely N-dealkylation sites (N-methyl/N-ethyl adjacent to an activating group) is 1. The maximum Gasteiger partial charge on any atom is 0.0245 e. The lowest BCUT2D eigenvalue weighted by Crippen LogP contribution is -2.59. The second kappa shape index (κ2) is 6.46. The third-order valence-corrected chi connectivity index (χ3v) is 5.78. The molecule has 2 bridgehead atoms. The number of piperidine rings is 1. The van der Waals surface area contributed by atoms with Gasteiger partial charge < -0.3 is 4.90 Å². The maximum atomic E-state index is 2.75. The van der Waals surface area contributed by atoms with Crippen molar-refractivity contribution in [1.29, 1.82) is 0 Å². The fourth-order valence-corrected chi connectivity index (χ4v) is 4.46. The summed E-state index contributed by atoms with van der Waals surface area (Å²) in [7, 11) is 2.29. The molecule has 2 heterocycles. The molecule has 1 unspecified atom stereocenters. The molecule has 2 nitrogen and oxygen atoms in total. The molecule has 2 aromatic carbocycles. The number of benzene rings is 2. The molecule has 0 aromatic heterocycles. The van der Waals surface area contributed by atoms with Gasteiger partial charge in [-0.25, -0.2) is 0 Å². The summed E-state index contributed by atoms with van der Waals surface area (Å²) in [5, 5.41) is 0. The smallest absolute Gasteiger partial charge is 0.0245 e. The van der Waals surface area contributed by atoms with E-state index in [1.165, 1.54) is 43.6 Å². The Morgan fingerprint density at radius 1 is 0.826 bits per heavy atom. The normalized spacial score (nSPS) is 28.0. The van der Waals surface area contributed by atoms with E-state index in [0.717, 1.165) is 6.04 Å². The highest BCUT2D eigenvalue weighted by molar-refractivity contribution is 5.34. The van der Waals surface area contributed by atoms with Crippen LogP contribution in [0.3, 0.4) is 0 Å². The SMILES string of the molecule is CN1CCN2C[C@@H]1CC[C@@H]2C(c1ccccc1)c1ccccc1. The van der Waals surface area contributed by atoms with Crippen molar-refractivity contribution in [2.45, 2.75) is 30.8 Å². The third-order valence-electron chi connectivity index (χ3n) is 5.78. The molecule has 4 rings (SSSR count). The zero-order chi connectivity index (χ0) is 15.6. The highest BCUT2D eigenvalue weighted by Gasteiger charge is 2.38. The number of nitrogens with zero attached hydrogens (tertiary/aromatic N) is 2. The van der Waals surface area contributed by atoms with E-state index in [1.807, 2.05) is 0 Å². The van der Waals surface area contributed by atoms with Crippen molar-refractivity contribution in [2.24, 2.45) is 0 Å². The lowest BCUT2D eigenvalue weighted by molar-refractivity contribution is 0.0137. The van der Waals surface area contributed by atoms with Gasteiger partial charge in [-0.05, 0) is 31.0 Å². The van der Waals surface area contributed by atoms with Crippen molar-refractivity contribution >= 4 is 0 Å². The summed E-state index contributed by atoms with van der Waals surface area (Å²) in [6, 6.07) is 23.6. The van der Waals surface area contributed by atoms with Gasteiger partial charge in [-0.15, -0.1) is 0 Å². The van der Waals surface area contributed by atoms with E-state index >= 15 is 0 Å². The minimum absolute atomic E-state index is 0.488. The molecule has 2 aliphatic heterocycles. The Hall–Kier alpha value is -1.64. The molecular formula is C21H26N2. The zero-order valence-electron chi connectivity index (χ0n) is 13.9. The average molecular weight is 306 g/mol. The van der Waals surface area contributed by atoms with Crippen LogP contribution in [0.1, 0.15) is 29.9 Å². The summed E-state index contributed by atoms with van der Waals surface area (Å²) in [5.41, 5.74) is 2.92. The predicted octanol–water partition coefficient (Wildman–Crippen LogP) is 3.60. The van der Waals surface area contributed by atoms with E-state index in [9.17, 15) is 0 Å². The molecule has 0 spiro atoms. The topological polar surface area (TPSA) is 6.48 Å². The largest absolute Gasteiger partial charge is 0.301 e. The Morgan fingerprint density at radius 3 is 2.04 bits per heavy atom. The van der Waals surface area contributed by atoms with Crippen LogP contribution in [-0.4, -0.2) is 48.6 Å². The summed E-state index contributed by atoms with van der Waals surface area (Å²) in [5.74, 6) is 0.488. The van der Waals surface area contributed by atoms with E-state index < -0.39 is 0 Å². The molecule has 2 heteroatoms. The van der Waals surface area contributed by atoms with Crippen molar-refractivity contribution in [3.8, 4) is 0 Å². The minimum atomic E-state index is 0.488. The predicted molar refractivity (Wildman–Crippen MR) is 95.7 cm³/mol. The molecule has 2 aliphatic rings. The van der Waals surface area contributed by atoms with Gasteiger partial charge in [-0.2, -0.15) is 0 Å². The molecule has 0 amide bonds. The van der Waals surface area contributed by atoms with Crippen molar-refractivity contribution in [1.82, 2.24) is 9.80 Å². The van der Waals surface area contributed by atoms with Gasteiger partial charge in [0.1, 0.15) is 0 Å². The van der Waals surface area contributed by atoms with Crippen molar-refractivity contribution in [3.63, 3.8) is 0 Å². The summed E-state index contributed by atoms with van der Waals surface area (Å²) < 4.78 is 0. The first-order valence-corrected chi connectivity index (χ1v) is 8.87. The van der Waals surface area contributed by atoms with E-state index in [4.69, 9.17) is 0 Å². The number of piperazine rings is 1. The Morgan fingerprint density at radius 2 is 1.43 bits per heavy atom. The quantitative estimate of drug-likeness (QED) is 0.855. The molecule has 0 N–H and O–H groups in total. The van der Waals surface area contributed by atoms with Gasteiger partial charge in [0.2, 0.25) is 0 Å². The maximum absolute atomic E-state index is 2.75. The monoisotopic (exact) mass is 306 g/mol. The lowest BCUT2D eigenvalue weighted by Gasteiger charge is -2.50. The third kappa shape index (κ3) is 2.93. The standard InChI is InChI=1S/C21H26N2/c1-22-14-15-23-16-19(22)12-13-20(23)21(17-8-4-2-5-9-17)18-10-6-3-7-11-18/h2-11,19-21H,12-16H2,1H3/t19-,20+/m0/s1. The highest BCUT2D eigenvalue weighted by atomic mass is 15.3. The molecule has 2 aromatic rings. The zero-order valence-corrected chi connectivity index (χ0v) is 13.9.